The number of fused-ring (bicyclic) bond motifs is 1. The number of rotatable bonds is 4. The number of carbonyl (C=O) groups excluding carboxylic acids is 1. The summed E-state index contributed by atoms with van der Waals surface area (Å²) in [5, 5.41) is 4.45. The van der Waals surface area contributed by atoms with Gasteiger partial charge in [0.15, 0.2) is 5.76 Å². The second-order valence-corrected chi connectivity index (χ2v) is 6.19. The summed E-state index contributed by atoms with van der Waals surface area (Å²) in [6.07, 6.45) is 0.718. The molecule has 0 aliphatic rings. The molecule has 0 aliphatic carbocycles. The molecule has 1 aromatic heterocycles. The van der Waals surface area contributed by atoms with Crippen molar-refractivity contribution in [1.82, 2.24) is 5.32 Å². The molecule has 3 nitrogen and oxygen atoms in total. The summed E-state index contributed by atoms with van der Waals surface area (Å²) in [6, 6.07) is 15.0. The Hall–Kier alpha value is -1.78. The van der Waals surface area contributed by atoms with E-state index in [9.17, 15) is 4.79 Å². The second-order valence-electron chi connectivity index (χ2n) is 4.90. The van der Waals surface area contributed by atoms with Crippen LogP contribution in [0.3, 0.4) is 0 Å². The first-order valence-corrected chi connectivity index (χ1v) is 8.01. The monoisotopic (exact) mass is 377 g/mol. The fraction of sp³-hybridized carbons (Fsp3) is 0.118. The zero-order chi connectivity index (χ0) is 15.5. The van der Waals surface area contributed by atoms with Crippen molar-refractivity contribution in [2.24, 2.45) is 0 Å². The summed E-state index contributed by atoms with van der Waals surface area (Å²) in [4.78, 5) is 12.1. The van der Waals surface area contributed by atoms with Crippen molar-refractivity contribution >= 4 is 44.4 Å². The van der Waals surface area contributed by atoms with E-state index >= 15 is 0 Å². The first-order valence-electron chi connectivity index (χ1n) is 6.84. The van der Waals surface area contributed by atoms with E-state index in [2.05, 4.69) is 21.2 Å². The highest BCUT2D eigenvalue weighted by atomic mass is 79.9. The van der Waals surface area contributed by atoms with Gasteiger partial charge in [0, 0.05) is 21.4 Å². The first-order chi connectivity index (χ1) is 10.6. The summed E-state index contributed by atoms with van der Waals surface area (Å²) >= 11 is 9.38. The van der Waals surface area contributed by atoms with Gasteiger partial charge in [-0.25, -0.2) is 0 Å². The third-order valence-corrected chi connectivity index (χ3v) is 4.25. The van der Waals surface area contributed by atoms with E-state index in [1.807, 2.05) is 42.5 Å². The molecule has 1 amide bonds. The molecule has 1 N–H and O–H groups in total. The number of hydrogen-bond donors (Lipinski definition) is 1. The van der Waals surface area contributed by atoms with Gasteiger partial charge in [-0.3, -0.25) is 4.79 Å². The van der Waals surface area contributed by atoms with Crippen molar-refractivity contribution in [1.29, 1.82) is 0 Å². The third kappa shape index (κ3) is 3.34. The average Bonchev–Trinajstić information content (AvgIpc) is 2.93. The van der Waals surface area contributed by atoms with Crippen LogP contribution >= 0.6 is 27.5 Å². The smallest absolute Gasteiger partial charge is 0.287 e. The quantitative estimate of drug-likeness (QED) is 0.707. The number of amides is 1. The van der Waals surface area contributed by atoms with Gasteiger partial charge in [-0.05, 0) is 42.3 Å². The number of hydrogen-bond acceptors (Lipinski definition) is 2. The minimum absolute atomic E-state index is 0.217. The van der Waals surface area contributed by atoms with Crippen molar-refractivity contribution in [3.05, 3.63) is 69.3 Å². The van der Waals surface area contributed by atoms with Gasteiger partial charge >= 0.3 is 0 Å². The Morgan fingerprint density at radius 1 is 1.18 bits per heavy atom. The molecule has 0 aliphatic heterocycles. The molecule has 3 aromatic rings. The molecular weight excluding hydrogens is 366 g/mol. The zero-order valence-electron chi connectivity index (χ0n) is 11.6. The van der Waals surface area contributed by atoms with Crippen molar-refractivity contribution < 1.29 is 9.21 Å². The lowest BCUT2D eigenvalue weighted by atomic mass is 10.1. The molecule has 0 spiro atoms. The van der Waals surface area contributed by atoms with Crippen LogP contribution in [0.4, 0.5) is 0 Å². The first kappa shape index (κ1) is 15.1. The van der Waals surface area contributed by atoms with E-state index in [1.54, 1.807) is 6.07 Å². The van der Waals surface area contributed by atoms with E-state index in [-0.39, 0.29) is 5.91 Å². The van der Waals surface area contributed by atoms with Crippen LogP contribution < -0.4 is 5.32 Å². The fourth-order valence-corrected chi connectivity index (χ4v) is 2.91. The Morgan fingerprint density at radius 2 is 2.00 bits per heavy atom. The molecule has 0 saturated heterocycles. The molecule has 0 radical (unpaired) electrons. The van der Waals surface area contributed by atoms with Crippen molar-refractivity contribution in [3.63, 3.8) is 0 Å². The van der Waals surface area contributed by atoms with Gasteiger partial charge in [0.25, 0.3) is 5.91 Å². The molecule has 0 bridgehead atoms. The summed E-state index contributed by atoms with van der Waals surface area (Å²) in [7, 11) is 0. The summed E-state index contributed by atoms with van der Waals surface area (Å²) in [6.45, 7) is 0.525. The largest absolute Gasteiger partial charge is 0.451 e. The molecule has 3 rings (SSSR count). The minimum atomic E-state index is -0.217. The molecule has 5 heteroatoms. The number of carbonyl (C=O) groups is 1. The van der Waals surface area contributed by atoms with E-state index < -0.39 is 0 Å². The number of halogens is 2. The minimum Gasteiger partial charge on any atom is -0.451 e. The number of benzene rings is 2. The lowest BCUT2D eigenvalue weighted by Gasteiger charge is -2.03. The van der Waals surface area contributed by atoms with Crippen LogP contribution in [0.2, 0.25) is 5.02 Å². The second kappa shape index (κ2) is 6.55. The van der Waals surface area contributed by atoms with Crippen molar-refractivity contribution in [2.75, 3.05) is 6.54 Å². The van der Waals surface area contributed by atoms with Gasteiger partial charge in [0.2, 0.25) is 0 Å². The summed E-state index contributed by atoms with van der Waals surface area (Å²) in [5.41, 5.74) is 1.77. The highest BCUT2D eigenvalue weighted by molar-refractivity contribution is 9.10. The molecule has 1 heterocycles. The van der Waals surface area contributed by atoms with E-state index in [0.717, 1.165) is 21.8 Å². The third-order valence-electron chi connectivity index (χ3n) is 3.32. The van der Waals surface area contributed by atoms with E-state index in [0.29, 0.717) is 22.9 Å². The lowest BCUT2D eigenvalue weighted by Crippen LogP contribution is -2.25. The SMILES string of the molecule is O=C(NCCc1cccc(Cl)c1)c1cc2c(Br)cccc2o1. The van der Waals surface area contributed by atoms with Gasteiger partial charge in [0.1, 0.15) is 5.58 Å². The summed E-state index contributed by atoms with van der Waals surface area (Å²) < 4.78 is 6.48. The molecular formula is C17H13BrClNO2. The van der Waals surface area contributed by atoms with Crippen molar-refractivity contribution in [2.45, 2.75) is 6.42 Å². The predicted octanol–water partition coefficient (Wildman–Crippen LogP) is 4.82. The zero-order valence-corrected chi connectivity index (χ0v) is 13.9. The maximum Gasteiger partial charge on any atom is 0.287 e. The number of furan rings is 1. The van der Waals surface area contributed by atoms with Crippen LogP contribution in [0.25, 0.3) is 11.0 Å². The highest BCUT2D eigenvalue weighted by Crippen LogP contribution is 2.26. The average molecular weight is 379 g/mol. The van der Waals surface area contributed by atoms with Crippen LogP contribution in [0.5, 0.6) is 0 Å². The van der Waals surface area contributed by atoms with E-state index in [1.165, 1.54) is 0 Å². The molecule has 0 atom stereocenters. The Labute approximate surface area is 141 Å². The highest BCUT2D eigenvalue weighted by Gasteiger charge is 2.13. The van der Waals surface area contributed by atoms with Gasteiger partial charge in [-0.2, -0.15) is 0 Å². The fourth-order valence-electron chi connectivity index (χ4n) is 2.24. The Balaban J connectivity index is 1.65. The standard InChI is InChI=1S/C17H13BrClNO2/c18-14-5-2-6-15-13(14)10-16(22-15)17(21)20-8-7-11-3-1-4-12(19)9-11/h1-6,9-10H,7-8H2,(H,20,21). The molecule has 0 fully saturated rings. The van der Waals surface area contributed by atoms with E-state index in [4.69, 9.17) is 16.0 Å². The molecule has 0 saturated carbocycles. The predicted molar refractivity (Wildman–Crippen MR) is 91.4 cm³/mol. The van der Waals surface area contributed by atoms with Crippen molar-refractivity contribution in [3.8, 4) is 0 Å². The normalized spacial score (nSPS) is 10.8. The van der Waals surface area contributed by atoms with Gasteiger partial charge in [-0.15, -0.1) is 0 Å². The maximum absolute atomic E-state index is 12.1. The summed E-state index contributed by atoms with van der Waals surface area (Å²) in [5.74, 6) is 0.0955. The van der Waals surface area contributed by atoms with Crippen LogP contribution in [-0.4, -0.2) is 12.5 Å². The van der Waals surface area contributed by atoms with Gasteiger partial charge in [0.05, 0.1) is 0 Å². The molecule has 22 heavy (non-hydrogen) atoms. The molecule has 2 aromatic carbocycles. The van der Waals surface area contributed by atoms with Crippen LogP contribution in [-0.2, 0) is 6.42 Å². The lowest BCUT2D eigenvalue weighted by molar-refractivity contribution is 0.0928. The molecule has 0 unspecified atom stereocenters. The Kier molecular flexibility index (Phi) is 4.50. The Bertz CT molecular complexity index is 828. The maximum atomic E-state index is 12.1. The Morgan fingerprint density at radius 3 is 2.77 bits per heavy atom. The number of nitrogens with one attached hydrogen (secondary N) is 1. The van der Waals surface area contributed by atoms with Gasteiger partial charge in [-0.1, -0.05) is 45.7 Å². The molecule has 112 valence electrons. The van der Waals surface area contributed by atoms with Crippen LogP contribution in [0.15, 0.2) is 57.4 Å². The van der Waals surface area contributed by atoms with Crippen LogP contribution in [0, 0.1) is 0 Å². The van der Waals surface area contributed by atoms with Crippen LogP contribution in [0.1, 0.15) is 16.1 Å². The van der Waals surface area contributed by atoms with Gasteiger partial charge < -0.3 is 9.73 Å². The topological polar surface area (TPSA) is 42.2 Å².